The first-order chi connectivity index (χ1) is 16.5. The minimum atomic E-state index is -0.328. The van der Waals surface area contributed by atoms with Gasteiger partial charge in [-0.15, -0.1) is 0 Å². The zero-order chi connectivity index (χ0) is 25.5. The van der Waals surface area contributed by atoms with Crippen LogP contribution in [0.15, 0.2) is 48.5 Å². The van der Waals surface area contributed by atoms with Crippen LogP contribution < -0.4 is 9.47 Å². The molecule has 0 aromatic heterocycles. The third-order valence-corrected chi connectivity index (χ3v) is 7.11. The fraction of sp³-hybridized carbons (Fsp3) is 0.625. The predicted molar refractivity (Wildman–Crippen MR) is 147 cm³/mol. The Labute approximate surface area is 214 Å². The molecule has 1 fully saturated rings. The van der Waals surface area contributed by atoms with E-state index in [1.807, 2.05) is 6.92 Å². The second kappa shape index (κ2) is 12.3. The van der Waals surface area contributed by atoms with Gasteiger partial charge in [-0.3, -0.25) is 0 Å². The van der Waals surface area contributed by atoms with Crippen LogP contribution in [-0.2, 0) is 4.74 Å². The molecule has 1 saturated carbocycles. The molecule has 3 nitrogen and oxygen atoms in total. The van der Waals surface area contributed by atoms with E-state index in [0.717, 1.165) is 23.8 Å². The smallest absolute Gasteiger partial charge is 0.197 e. The Balaban J connectivity index is 1.42. The van der Waals surface area contributed by atoms with Gasteiger partial charge in [-0.2, -0.15) is 0 Å². The molecule has 0 amide bonds. The largest absolute Gasteiger partial charge is 0.491 e. The van der Waals surface area contributed by atoms with Crippen molar-refractivity contribution in [3.8, 4) is 11.5 Å². The first-order valence-corrected chi connectivity index (χ1v) is 13.6. The van der Waals surface area contributed by atoms with Crippen molar-refractivity contribution in [3.63, 3.8) is 0 Å². The molecule has 1 aliphatic carbocycles. The Bertz CT molecular complexity index is 865. The first-order valence-electron chi connectivity index (χ1n) is 13.6. The molecule has 0 radical (unpaired) electrons. The molecular weight excluding hydrogens is 432 g/mol. The Kier molecular flexibility index (Phi) is 9.69. The molecule has 0 N–H and O–H groups in total. The van der Waals surface area contributed by atoms with E-state index in [-0.39, 0.29) is 17.1 Å². The summed E-state index contributed by atoms with van der Waals surface area (Å²) in [6.45, 7) is 16.9. The van der Waals surface area contributed by atoms with Crippen LogP contribution in [0, 0.1) is 10.8 Å². The first kappa shape index (κ1) is 27.6. The van der Waals surface area contributed by atoms with Crippen molar-refractivity contribution in [1.82, 2.24) is 0 Å². The van der Waals surface area contributed by atoms with Crippen LogP contribution in [0.4, 0.5) is 0 Å². The third-order valence-electron chi connectivity index (χ3n) is 7.11. The zero-order valence-electron chi connectivity index (χ0n) is 23.2. The van der Waals surface area contributed by atoms with Gasteiger partial charge in [0.1, 0.15) is 18.1 Å². The lowest BCUT2D eigenvalue weighted by Gasteiger charge is -2.36. The second-order valence-corrected chi connectivity index (χ2v) is 12.6. The van der Waals surface area contributed by atoms with E-state index in [4.69, 9.17) is 14.2 Å². The van der Waals surface area contributed by atoms with Crippen LogP contribution in [0.3, 0.4) is 0 Å². The molecule has 3 heteroatoms. The molecule has 194 valence electrons. The topological polar surface area (TPSA) is 27.7 Å². The average molecular weight is 481 g/mol. The van der Waals surface area contributed by atoms with E-state index in [1.54, 1.807) is 0 Å². The fourth-order valence-corrected chi connectivity index (χ4v) is 5.19. The Morgan fingerprint density at radius 2 is 1.37 bits per heavy atom. The van der Waals surface area contributed by atoms with Crippen molar-refractivity contribution in [1.29, 1.82) is 0 Å². The summed E-state index contributed by atoms with van der Waals surface area (Å²) >= 11 is 0. The second-order valence-electron chi connectivity index (χ2n) is 12.6. The van der Waals surface area contributed by atoms with Crippen LogP contribution in [0.25, 0.3) is 0 Å². The van der Waals surface area contributed by atoms with Gasteiger partial charge in [-0.1, -0.05) is 85.1 Å². The maximum Gasteiger partial charge on any atom is 0.197 e. The van der Waals surface area contributed by atoms with Gasteiger partial charge in [-0.25, -0.2) is 0 Å². The average Bonchev–Trinajstić information content (AvgIpc) is 2.81. The lowest BCUT2D eigenvalue weighted by Crippen LogP contribution is -2.24. The Morgan fingerprint density at radius 1 is 0.771 bits per heavy atom. The Hall–Kier alpha value is -2.00. The monoisotopic (exact) mass is 480 g/mol. The molecule has 1 aliphatic rings. The highest BCUT2D eigenvalue weighted by atomic mass is 16.7. The minimum Gasteiger partial charge on any atom is -0.491 e. The fourth-order valence-electron chi connectivity index (χ4n) is 5.19. The number of hydrogen-bond donors (Lipinski definition) is 0. The molecule has 0 heterocycles. The summed E-state index contributed by atoms with van der Waals surface area (Å²) in [6.07, 6.45) is 7.58. The summed E-state index contributed by atoms with van der Waals surface area (Å²) < 4.78 is 17.7. The molecular formula is C32H48O3. The zero-order valence-corrected chi connectivity index (χ0v) is 23.2. The van der Waals surface area contributed by atoms with Crippen LogP contribution in [0.2, 0.25) is 0 Å². The molecule has 35 heavy (non-hydrogen) atoms. The van der Waals surface area contributed by atoms with Crippen molar-refractivity contribution in [3.05, 3.63) is 59.7 Å². The molecule has 3 rings (SSSR count). The maximum atomic E-state index is 5.99. The molecule has 0 saturated heterocycles. The lowest BCUT2D eigenvalue weighted by atomic mass is 9.69. The van der Waals surface area contributed by atoms with Crippen LogP contribution >= 0.6 is 0 Å². The quantitative estimate of drug-likeness (QED) is 0.251. The van der Waals surface area contributed by atoms with Gasteiger partial charge < -0.3 is 14.2 Å². The van der Waals surface area contributed by atoms with Crippen molar-refractivity contribution in [2.45, 2.75) is 105 Å². The predicted octanol–water partition coefficient (Wildman–Crippen LogP) is 9.12. The normalized spacial score (nSPS) is 17.1. The van der Waals surface area contributed by atoms with E-state index in [1.165, 1.54) is 43.2 Å². The number of benzene rings is 2. The van der Waals surface area contributed by atoms with E-state index >= 15 is 0 Å². The molecule has 2 unspecified atom stereocenters. The van der Waals surface area contributed by atoms with E-state index in [9.17, 15) is 0 Å². The van der Waals surface area contributed by atoms with Crippen LogP contribution in [-0.4, -0.2) is 19.5 Å². The lowest BCUT2D eigenvalue weighted by molar-refractivity contribution is -0.0739. The number of ether oxygens (including phenoxy) is 3. The van der Waals surface area contributed by atoms with Gasteiger partial charge in [-0.05, 0) is 84.2 Å². The standard InChI is InChI=1S/C32H48O3/c1-24(33-21-22-34-28-17-13-26(14-18-28)25-11-9-8-10-12-25)35-29-19-15-27(16-20-29)30(32(5,6)7)23-31(2,3)4/h13-20,24-25,30H,8-12,21-23H2,1-7H3. The highest BCUT2D eigenvalue weighted by molar-refractivity contribution is 5.31. The van der Waals surface area contributed by atoms with Gasteiger partial charge in [0.2, 0.25) is 0 Å². The van der Waals surface area contributed by atoms with Gasteiger partial charge in [0.15, 0.2) is 6.29 Å². The highest BCUT2D eigenvalue weighted by Gasteiger charge is 2.30. The summed E-state index contributed by atoms with van der Waals surface area (Å²) in [5.74, 6) is 2.97. The van der Waals surface area contributed by atoms with Crippen molar-refractivity contribution in [2.75, 3.05) is 13.2 Å². The molecule has 0 bridgehead atoms. The van der Waals surface area contributed by atoms with Gasteiger partial charge in [0, 0.05) is 0 Å². The number of hydrogen-bond acceptors (Lipinski definition) is 3. The summed E-state index contributed by atoms with van der Waals surface area (Å²) in [6, 6.07) is 17.2. The third kappa shape index (κ3) is 9.18. The summed E-state index contributed by atoms with van der Waals surface area (Å²) in [5.41, 5.74) is 3.32. The molecule has 0 aliphatic heterocycles. The summed E-state index contributed by atoms with van der Waals surface area (Å²) in [4.78, 5) is 0. The van der Waals surface area contributed by atoms with Gasteiger partial charge >= 0.3 is 0 Å². The SMILES string of the molecule is CC(OCCOc1ccc(C2CCCCC2)cc1)Oc1ccc(C(CC(C)(C)C)C(C)(C)C)cc1. The summed E-state index contributed by atoms with van der Waals surface area (Å²) in [5, 5.41) is 0. The molecule has 2 aromatic rings. The van der Waals surface area contributed by atoms with Gasteiger partial charge in [0.05, 0.1) is 6.61 Å². The van der Waals surface area contributed by atoms with Crippen molar-refractivity contribution < 1.29 is 14.2 Å². The molecule has 2 aromatic carbocycles. The number of rotatable bonds is 10. The van der Waals surface area contributed by atoms with E-state index < -0.39 is 0 Å². The minimum absolute atomic E-state index is 0.211. The summed E-state index contributed by atoms with van der Waals surface area (Å²) in [7, 11) is 0. The van der Waals surface area contributed by atoms with Crippen molar-refractivity contribution in [2.24, 2.45) is 10.8 Å². The highest BCUT2D eigenvalue weighted by Crippen LogP contribution is 2.43. The van der Waals surface area contributed by atoms with Gasteiger partial charge in [0.25, 0.3) is 0 Å². The molecule has 0 spiro atoms. The van der Waals surface area contributed by atoms with Crippen LogP contribution in [0.1, 0.15) is 110 Å². The van der Waals surface area contributed by atoms with Crippen LogP contribution in [0.5, 0.6) is 11.5 Å². The van der Waals surface area contributed by atoms with E-state index in [2.05, 4.69) is 90.1 Å². The Morgan fingerprint density at radius 3 is 1.94 bits per heavy atom. The maximum absolute atomic E-state index is 5.99. The van der Waals surface area contributed by atoms with Crippen molar-refractivity contribution >= 4 is 0 Å². The molecule has 2 atom stereocenters. The van der Waals surface area contributed by atoms with E-state index in [0.29, 0.717) is 19.1 Å².